The molecule has 1 aromatic rings. The molecule has 2 rings (SSSR count). The minimum absolute atomic E-state index is 0. The molecular formula is C7H8ClNS. The SMILES string of the molecule is Cl.c1ccc2c(c1)NCS2. The third kappa shape index (κ3) is 1.22. The highest BCUT2D eigenvalue weighted by Gasteiger charge is 2.06. The molecule has 3 heteroatoms. The molecule has 0 atom stereocenters. The molecule has 1 heterocycles. The van der Waals surface area contributed by atoms with Gasteiger partial charge in [-0.1, -0.05) is 12.1 Å². The topological polar surface area (TPSA) is 12.0 Å². The molecule has 1 N–H and O–H groups in total. The molecule has 0 unspecified atom stereocenters. The van der Waals surface area contributed by atoms with Crippen molar-refractivity contribution < 1.29 is 0 Å². The second-order valence-electron chi connectivity index (χ2n) is 1.96. The zero-order chi connectivity index (χ0) is 6.10. The Bertz CT molecular complexity index is 204. The summed E-state index contributed by atoms with van der Waals surface area (Å²) in [6, 6.07) is 8.37. The highest BCUT2D eigenvalue weighted by atomic mass is 35.5. The Morgan fingerprint density at radius 3 is 2.90 bits per heavy atom. The van der Waals surface area contributed by atoms with E-state index in [1.54, 1.807) is 0 Å². The van der Waals surface area contributed by atoms with Crippen LogP contribution in [0.3, 0.4) is 0 Å². The fourth-order valence-electron chi connectivity index (χ4n) is 0.930. The number of nitrogens with one attached hydrogen (secondary N) is 1. The van der Waals surface area contributed by atoms with Crippen molar-refractivity contribution in [3.05, 3.63) is 24.3 Å². The summed E-state index contributed by atoms with van der Waals surface area (Å²) in [7, 11) is 0. The molecule has 54 valence electrons. The molecule has 1 aliphatic rings. The van der Waals surface area contributed by atoms with Crippen LogP contribution in [0.2, 0.25) is 0 Å². The van der Waals surface area contributed by atoms with E-state index < -0.39 is 0 Å². The molecule has 0 amide bonds. The summed E-state index contributed by atoms with van der Waals surface area (Å²) in [6.07, 6.45) is 0. The van der Waals surface area contributed by atoms with Crippen LogP contribution in [-0.2, 0) is 0 Å². The van der Waals surface area contributed by atoms with Crippen molar-refractivity contribution in [2.75, 3.05) is 11.2 Å². The largest absolute Gasteiger partial charge is 0.375 e. The molecule has 1 aromatic carbocycles. The maximum absolute atomic E-state index is 3.26. The van der Waals surface area contributed by atoms with Crippen LogP contribution in [0.4, 0.5) is 5.69 Å². The molecule has 0 saturated heterocycles. The van der Waals surface area contributed by atoms with E-state index in [0.29, 0.717) is 0 Å². The summed E-state index contributed by atoms with van der Waals surface area (Å²) < 4.78 is 0. The molecule has 0 aliphatic carbocycles. The lowest BCUT2D eigenvalue weighted by Gasteiger charge is -1.92. The zero-order valence-electron chi connectivity index (χ0n) is 5.33. The first-order chi connectivity index (χ1) is 4.47. The Labute approximate surface area is 70.6 Å². The van der Waals surface area contributed by atoms with E-state index in [0.717, 1.165) is 5.88 Å². The number of para-hydroxylation sites is 1. The van der Waals surface area contributed by atoms with Crippen molar-refractivity contribution in [2.45, 2.75) is 4.90 Å². The van der Waals surface area contributed by atoms with Crippen molar-refractivity contribution in [1.82, 2.24) is 0 Å². The molecule has 0 fully saturated rings. The maximum atomic E-state index is 3.26. The molecule has 1 aliphatic heterocycles. The van der Waals surface area contributed by atoms with Crippen molar-refractivity contribution in [1.29, 1.82) is 0 Å². The maximum Gasteiger partial charge on any atom is 0.0658 e. The number of hydrogen-bond donors (Lipinski definition) is 1. The number of hydrogen-bond acceptors (Lipinski definition) is 2. The van der Waals surface area contributed by atoms with Crippen molar-refractivity contribution in [2.24, 2.45) is 0 Å². The van der Waals surface area contributed by atoms with E-state index in [9.17, 15) is 0 Å². The lowest BCUT2D eigenvalue weighted by molar-refractivity contribution is 1.43. The Balaban J connectivity index is 0.000000500. The number of benzene rings is 1. The van der Waals surface area contributed by atoms with Crippen LogP contribution >= 0.6 is 24.2 Å². The van der Waals surface area contributed by atoms with Crippen LogP contribution in [-0.4, -0.2) is 5.88 Å². The first kappa shape index (κ1) is 7.76. The van der Waals surface area contributed by atoms with Crippen molar-refractivity contribution in [3.63, 3.8) is 0 Å². The Morgan fingerprint density at radius 2 is 2.10 bits per heavy atom. The molecule has 1 nitrogen and oxygen atoms in total. The summed E-state index contributed by atoms with van der Waals surface area (Å²) in [4.78, 5) is 1.37. The first-order valence-electron chi connectivity index (χ1n) is 2.92. The fourth-order valence-corrected chi connectivity index (χ4v) is 1.78. The Hall–Kier alpha value is -0.340. The summed E-state index contributed by atoms with van der Waals surface area (Å²) in [5.41, 5.74) is 1.28. The summed E-state index contributed by atoms with van der Waals surface area (Å²) in [6.45, 7) is 0. The van der Waals surface area contributed by atoms with Crippen LogP contribution in [0.5, 0.6) is 0 Å². The van der Waals surface area contributed by atoms with Crippen LogP contribution in [0, 0.1) is 0 Å². The van der Waals surface area contributed by atoms with Crippen LogP contribution < -0.4 is 5.32 Å². The van der Waals surface area contributed by atoms with Gasteiger partial charge < -0.3 is 5.32 Å². The Morgan fingerprint density at radius 1 is 1.30 bits per heavy atom. The predicted molar refractivity (Wildman–Crippen MR) is 48.0 cm³/mol. The second kappa shape index (κ2) is 3.17. The normalized spacial score (nSPS) is 13.2. The molecule has 0 spiro atoms. The second-order valence-corrected chi connectivity index (χ2v) is 2.98. The number of thioether (sulfide) groups is 1. The summed E-state index contributed by atoms with van der Waals surface area (Å²) >= 11 is 1.86. The van der Waals surface area contributed by atoms with Gasteiger partial charge in [-0.25, -0.2) is 0 Å². The van der Waals surface area contributed by atoms with Gasteiger partial charge in [0.15, 0.2) is 0 Å². The average molecular weight is 174 g/mol. The highest BCUT2D eigenvalue weighted by molar-refractivity contribution is 7.99. The summed E-state index contributed by atoms with van der Waals surface area (Å²) in [5.74, 6) is 1.03. The Kier molecular flexibility index (Phi) is 2.46. The number of anilines is 1. The van der Waals surface area contributed by atoms with Gasteiger partial charge in [-0.05, 0) is 12.1 Å². The molecule has 0 aromatic heterocycles. The van der Waals surface area contributed by atoms with E-state index in [2.05, 4.69) is 29.6 Å². The van der Waals surface area contributed by atoms with Gasteiger partial charge in [0, 0.05) is 10.6 Å². The van der Waals surface area contributed by atoms with Gasteiger partial charge in [0.25, 0.3) is 0 Å². The van der Waals surface area contributed by atoms with Crippen molar-refractivity contribution >= 4 is 29.9 Å². The molecular weight excluding hydrogens is 166 g/mol. The van der Waals surface area contributed by atoms with Crippen LogP contribution in [0.15, 0.2) is 29.2 Å². The number of halogens is 1. The fraction of sp³-hybridized carbons (Fsp3) is 0.143. The molecule has 0 bridgehead atoms. The average Bonchev–Trinajstić information content (AvgIpc) is 2.33. The smallest absolute Gasteiger partial charge is 0.0658 e. The van der Waals surface area contributed by atoms with E-state index >= 15 is 0 Å². The standard InChI is InChI=1S/C7H7NS.ClH/c1-2-4-7-6(3-1)8-5-9-7;/h1-4,8H,5H2;1H. The minimum atomic E-state index is 0. The molecule has 0 radical (unpaired) electrons. The van der Waals surface area contributed by atoms with E-state index in [1.807, 2.05) is 11.8 Å². The lowest BCUT2D eigenvalue weighted by Crippen LogP contribution is -1.86. The number of rotatable bonds is 0. The van der Waals surface area contributed by atoms with Gasteiger partial charge in [-0.2, -0.15) is 0 Å². The monoisotopic (exact) mass is 173 g/mol. The van der Waals surface area contributed by atoms with Gasteiger partial charge >= 0.3 is 0 Å². The van der Waals surface area contributed by atoms with Gasteiger partial charge in [0.2, 0.25) is 0 Å². The molecule has 10 heavy (non-hydrogen) atoms. The number of fused-ring (bicyclic) bond motifs is 1. The highest BCUT2D eigenvalue weighted by Crippen LogP contribution is 2.32. The first-order valence-corrected chi connectivity index (χ1v) is 3.91. The van der Waals surface area contributed by atoms with Gasteiger partial charge in [0.1, 0.15) is 0 Å². The van der Waals surface area contributed by atoms with E-state index in [4.69, 9.17) is 0 Å². The lowest BCUT2D eigenvalue weighted by atomic mass is 10.3. The van der Waals surface area contributed by atoms with Gasteiger partial charge in [-0.15, -0.1) is 24.2 Å². The van der Waals surface area contributed by atoms with Gasteiger partial charge in [0.05, 0.1) is 5.88 Å². The van der Waals surface area contributed by atoms with Crippen LogP contribution in [0.25, 0.3) is 0 Å². The minimum Gasteiger partial charge on any atom is -0.375 e. The molecule has 0 saturated carbocycles. The predicted octanol–water partition coefficient (Wildman–Crippen LogP) is 2.58. The van der Waals surface area contributed by atoms with Crippen molar-refractivity contribution in [3.8, 4) is 0 Å². The summed E-state index contributed by atoms with van der Waals surface area (Å²) in [5, 5.41) is 3.26. The van der Waals surface area contributed by atoms with Gasteiger partial charge in [-0.3, -0.25) is 0 Å². The van der Waals surface area contributed by atoms with Crippen LogP contribution in [0.1, 0.15) is 0 Å². The zero-order valence-corrected chi connectivity index (χ0v) is 6.97. The van der Waals surface area contributed by atoms with E-state index in [1.165, 1.54) is 10.6 Å². The quantitative estimate of drug-likeness (QED) is 0.648. The third-order valence-corrected chi connectivity index (χ3v) is 2.33. The van der Waals surface area contributed by atoms with E-state index in [-0.39, 0.29) is 12.4 Å². The third-order valence-electron chi connectivity index (χ3n) is 1.38.